The monoisotopic (exact) mass is 220 g/mol. The molecule has 0 aliphatic rings. The van der Waals surface area contributed by atoms with E-state index in [2.05, 4.69) is 4.98 Å². The van der Waals surface area contributed by atoms with Crippen molar-refractivity contribution in [3.05, 3.63) is 35.4 Å². The Kier molecular flexibility index (Phi) is 2.30. The second kappa shape index (κ2) is 3.52. The zero-order chi connectivity index (χ0) is 11.9. The number of hydrogen-bond acceptors (Lipinski definition) is 3. The smallest absolute Gasteiger partial charge is 0.150 e. The van der Waals surface area contributed by atoms with Crippen LogP contribution >= 0.6 is 0 Å². The molecule has 0 aliphatic heterocycles. The Morgan fingerprint density at radius 3 is 2.50 bits per heavy atom. The molecule has 1 aromatic carbocycles. The van der Waals surface area contributed by atoms with E-state index >= 15 is 0 Å². The molecule has 16 heavy (non-hydrogen) atoms. The minimum Gasteiger partial charge on any atom is -0.382 e. The molecular formula is C11H13FN4. The molecule has 4 N–H and O–H groups in total. The first-order chi connectivity index (χ1) is 7.50. The molecule has 2 aromatic rings. The van der Waals surface area contributed by atoms with Gasteiger partial charge in [0.05, 0.1) is 0 Å². The van der Waals surface area contributed by atoms with E-state index in [-0.39, 0.29) is 5.82 Å². The van der Waals surface area contributed by atoms with Crippen molar-refractivity contribution < 1.29 is 4.39 Å². The summed E-state index contributed by atoms with van der Waals surface area (Å²) in [5.74, 6) is 6.29. The van der Waals surface area contributed by atoms with Gasteiger partial charge in [0, 0.05) is 5.56 Å². The van der Waals surface area contributed by atoms with Gasteiger partial charge in [0.1, 0.15) is 17.3 Å². The Morgan fingerprint density at radius 2 is 2.00 bits per heavy atom. The Labute approximate surface area is 92.7 Å². The van der Waals surface area contributed by atoms with E-state index in [9.17, 15) is 4.39 Å². The number of nitrogen functional groups attached to an aromatic ring is 2. The third-order valence-electron chi connectivity index (χ3n) is 2.57. The lowest BCUT2D eigenvalue weighted by atomic mass is 10.1. The molecule has 0 saturated heterocycles. The van der Waals surface area contributed by atoms with Gasteiger partial charge in [0.2, 0.25) is 0 Å². The quantitative estimate of drug-likeness (QED) is 0.717. The van der Waals surface area contributed by atoms with Crippen LogP contribution in [0.2, 0.25) is 0 Å². The van der Waals surface area contributed by atoms with Gasteiger partial charge in [0.25, 0.3) is 0 Å². The molecule has 1 aromatic heterocycles. The Bertz CT molecular complexity index is 545. The molecule has 0 atom stereocenters. The summed E-state index contributed by atoms with van der Waals surface area (Å²) in [4.78, 5) is 4.20. The minimum atomic E-state index is -0.277. The Hall–Kier alpha value is -2.04. The molecule has 5 heteroatoms. The van der Waals surface area contributed by atoms with E-state index in [0.717, 1.165) is 0 Å². The van der Waals surface area contributed by atoms with Crippen LogP contribution in [-0.4, -0.2) is 9.66 Å². The van der Waals surface area contributed by atoms with Gasteiger partial charge in [0.15, 0.2) is 5.82 Å². The lowest BCUT2D eigenvalue weighted by molar-refractivity contribution is 0.619. The molecule has 1 heterocycles. The van der Waals surface area contributed by atoms with Crippen LogP contribution in [0.1, 0.15) is 11.4 Å². The molecule has 0 radical (unpaired) electrons. The van der Waals surface area contributed by atoms with Gasteiger partial charge in [-0.2, -0.15) is 0 Å². The first-order valence-electron chi connectivity index (χ1n) is 4.87. The first-order valence-corrected chi connectivity index (χ1v) is 4.87. The number of halogens is 1. The molecule has 0 unspecified atom stereocenters. The lowest BCUT2D eigenvalue weighted by Crippen LogP contribution is -2.13. The van der Waals surface area contributed by atoms with Crippen LogP contribution in [0.4, 0.5) is 10.2 Å². The zero-order valence-electron chi connectivity index (χ0n) is 9.16. The van der Waals surface area contributed by atoms with Crippen molar-refractivity contribution in [2.24, 2.45) is 0 Å². The van der Waals surface area contributed by atoms with Crippen molar-refractivity contribution >= 4 is 5.82 Å². The highest BCUT2D eigenvalue weighted by Gasteiger charge is 2.12. The summed E-state index contributed by atoms with van der Waals surface area (Å²) < 4.78 is 14.7. The van der Waals surface area contributed by atoms with Crippen LogP contribution in [0.3, 0.4) is 0 Å². The number of nitrogens with zero attached hydrogens (tertiary/aromatic N) is 2. The van der Waals surface area contributed by atoms with Crippen LogP contribution in [0, 0.1) is 19.7 Å². The van der Waals surface area contributed by atoms with Crippen molar-refractivity contribution in [3.63, 3.8) is 0 Å². The molecule has 0 aliphatic carbocycles. The third-order valence-corrected chi connectivity index (χ3v) is 2.57. The van der Waals surface area contributed by atoms with E-state index in [1.165, 1.54) is 10.7 Å². The van der Waals surface area contributed by atoms with Gasteiger partial charge in [-0.25, -0.2) is 14.1 Å². The van der Waals surface area contributed by atoms with E-state index in [1.807, 2.05) is 0 Å². The highest BCUT2D eigenvalue weighted by molar-refractivity contribution is 5.71. The van der Waals surface area contributed by atoms with Gasteiger partial charge in [-0.3, -0.25) is 0 Å². The highest BCUT2D eigenvalue weighted by Crippen LogP contribution is 2.26. The first kappa shape index (κ1) is 10.5. The summed E-state index contributed by atoms with van der Waals surface area (Å²) in [6, 6.07) is 4.87. The average molecular weight is 220 g/mol. The molecule has 0 saturated carbocycles. The second-order valence-electron chi connectivity index (χ2n) is 3.73. The fourth-order valence-corrected chi connectivity index (χ4v) is 1.51. The Morgan fingerprint density at radius 1 is 1.31 bits per heavy atom. The van der Waals surface area contributed by atoms with Crippen molar-refractivity contribution in [1.82, 2.24) is 9.66 Å². The maximum Gasteiger partial charge on any atom is 0.150 e. The topological polar surface area (TPSA) is 69.9 Å². The normalized spacial score (nSPS) is 10.7. The average Bonchev–Trinajstić information content (AvgIpc) is 2.50. The number of aryl methyl sites for hydroxylation is 2. The SMILES string of the molecule is Cc1ccc(-c2nc(C)n(N)c2N)cc1F. The van der Waals surface area contributed by atoms with Gasteiger partial charge in [-0.05, 0) is 25.5 Å². The van der Waals surface area contributed by atoms with Gasteiger partial charge < -0.3 is 11.6 Å². The van der Waals surface area contributed by atoms with Gasteiger partial charge in [-0.15, -0.1) is 0 Å². The minimum absolute atomic E-state index is 0.277. The molecular weight excluding hydrogens is 207 g/mol. The highest BCUT2D eigenvalue weighted by atomic mass is 19.1. The van der Waals surface area contributed by atoms with Crippen molar-refractivity contribution in [3.8, 4) is 11.3 Å². The summed E-state index contributed by atoms with van der Waals surface area (Å²) in [6.07, 6.45) is 0. The molecule has 0 bridgehead atoms. The second-order valence-corrected chi connectivity index (χ2v) is 3.73. The molecule has 0 spiro atoms. The van der Waals surface area contributed by atoms with Gasteiger partial charge >= 0.3 is 0 Å². The standard InChI is InChI=1S/C11H13FN4/c1-6-3-4-8(5-9(6)12)10-11(13)16(14)7(2)15-10/h3-5H,13-14H2,1-2H3. The summed E-state index contributed by atoms with van der Waals surface area (Å²) >= 11 is 0. The summed E-state index contributed by atoms with van der Waals surface area (Å²) in [7, 11) is 0. The number of anilines is 1. The van der Waals surface area contributed by atoms with E-state index in [4.69, 9.17) is 11.6 Å². The van der Waals surface area contributed by atoms with Crippen LogP contribution in [-0.2, 0) is 0 Å². The third kappa shape index (κ3) is 1.50. The molecule has 4 nitrogen and oxygen atoms in total. The van der Waals surface area contributed by atoms with Crippen LogP contribution in [0.25, 0.3) is 11.3 Å². The number of aromatic nitrogens is 2. The number of nitrogens with two attached hydrogens (primary N) is 2. The largest absolute Gasteiger partial charge is 0.382 e. The maximum atomic E-state index is 13.4. The number of rotatable bonds is 1. The molecule has 0 fully saturated rings. The summed E-state index contributed by atoms with van der Waals surface area (Å²) in [6.45, 7) is 3.44. The van der Waals surface area contributed by atoms with Crippen molar-refractivity contribution in [1.29, 1.82) is 0 Å². The van der Waals surface area contributed by atoms with Crippen LogP contribution in [0.15, 0.2) is 18.2 Å². The number of imidazole rings is 1. The molecule has 2 rings (SSSR count). The Balaban J connectivity index is 2.59. The van der Waals surface area contributed by atoms with E-state index < -0.39 is 0 Å². The van der Waals surface area contributed by atoms with Crippen LogP contribution < -0.4 is 11.6 Å². The fraction of sp³-hybridized carbons (Fsp3) is 0.182. The van der Waals surface area contributed by atoms with E-state index in [1.54, 1.807) is 26.0 Å². The molecule has 84 valence electrons. The fourth-order valence-electron chi connectivity index (χ4n) is 1.51. The van der Waals surface area contributed by atoms with Gasteiger partial charge in [-0.1, -0.05) is 12.1 Å². The number of benzene rings is 1. The molecule has 0 amide bonds. The predicted molar refractivity (Wildman–Crippen MR) is 61.7 cm³/mol. The van der Waals surface area contributed by atoms with Crippen molar-refractivity contribution in [2.45, 2.75) is 13.8 Å². The predicted octanol–water partition coefficient (Wildman–Crippen LogP) is 1.60. The maximum absolute atomic E-state index is 13.4. The summed E-state index contributed by atoms with van der Waals surface area (Å²) in [5.41, 5.74) is 7.51. The van der Waals surface area contributed by atoms with Crippen molar-refractivity contribution in [2.75, 3.05) is 11.6 Å². The van der Waals surface area contributed by atoms with E-state index in [0.29, 0.717) is 28.5 Å². The van der Waals surface area contributed by atoms with Crippen LogP contribution in [0.5, 0.6) is 0 Å². The zero-order valence-corrected chi connectivity index (χ0v) is 9.16. The summed E-state index contributed by atoms with van der Waals surface area (Å²) in [5, 5.41) is 0. The number of hydrogen-bond donors (Lipinski definition) is 2. The lowest BCUT2D eigenvalue weighted by Gasteiger charge is -2.02.